The van der Waals surface area contributed by atoms with E-state index in [-0.39, 0.29) is 46.4 Å². The fourth-order valence-corrected chi connectivity index (χ4v) is 10.8. The van der Waals surface area contributed by atoms with E-state index in [1.54, 1.807) is 143 Å². The zero-order valence-electron chi connectivity index (χ0n) is 51.1. The van der Waals surface area contributed by atoms with Gasteiger partial charge in [-0.2, -0.15) is 0 Å². The first kappa shape index (κ1) is 64.4. The largest absolute Gasteiger partial charge is 0.497 e. The predicted octanol–water partition coefficient (Wildman–Crippen LogP) is 14.5. The van der Waals surface area contributed by atoms with Gasteiger partial charge in [0.2, 0.25) is 0 Å². The van der Waals surface area contributed by atoms with Crippen molar-refractivity contribution in [3.05, 3.63) is 131 Å². The van der Waals surface area contributed by atoms with Crippen molar-refractivity contribution in [2.45, 2.75) is 85.4 Å². The van der Waals surface area contributed by atoms with Crippen molar-refractivity contribution in [1.82, 2.24) is 29.1 Å². The molecule has 2 aliphatic heterocycles. The fourth-order valence-electron chi connectivity index (χ4n) is 10.4. The van der Waals surface area contributed by atoms with Gasteiger partial charge in [-0.3, -0.25) is 9.59 Å². The number of carboxylic acid groups (broad SMARTS) is 1. The van der Waals surface area contributed by atoms with Crippen LogP contribution in [0.3, 0.4) is 0 Å². The van der Waals surface area contributed by atoms with E-state index in [1.165, 1.54) is 27.3 Å². The molecule has 5 heterocycles. The number of nitrogens with zero attached hydrogens (tertiary/aromatic N) is 7. The first-order valence-electron chi connectivity index (χ1n) is 28.9. The molecule has 0 spiro atoms. The van der Waals surface area contributed by atoms with Gasteiger partial charge in [-0.1, -0.05) is 15.9 Å². The number of aromatic nitrogens is 6. The lowest BCUT2D eigenvalue weighted by molar-refractivity contribution is -0.148. The second-order valence-electron chi connectivity index (χ2n) is 23.2. The van der Waals surface area contributed by atoms with Gasteiger partial charge in [0.05, 0.1) is 89.6 Å². The first-order valence-corrected chi connectivity index (χ1v) is 29.7. The number of carboxylic acids is 1. The van der Waals surface area contributed by atoms with Crippen LogP contribution in [0.15, 0.2) is 114 Å². The Hall–Kier alpha value is -9.12. The van der Waals surface area contributed by atoms with Gasteiger partial charge < -0.3 is 48.3 Å². The molecule has 0 aliphatic carbocycles. The number of carbonyl (C=O) groups excluding carboxylic acids is 3. The summed E-state index contributed by atoms with van der Waals surface area (Å²) in [5, 5.41) is 9.14. The van der Waals surface area contributed by atoms with Crippen molar-refractivity contribution in [3.63, 3.8) is 0 Å². The van der Waals surface area contributed by atoms with E-state index in [0.29, 0.717) is 114 Å². The number of hydrogen-bond acceptors (Lipinski definition) is 15. The van der Waals surface area contributed by atoms with E-state index in [1.807, 2.05) is 18.2 Å². The van der Waals surface area contributed by atoms with Crippen LogP contribution < -0.4 is 24.0 Å². The minimum absolute atomic E-state index is 0.132. The van der Waals surface area contributed by atoms with E-state index in [0.717, 1.165) is 22.4 Å². The molecule has 0 bridgehead atoms. The Morgan fingerprint density at radius 2 is 1.00 bits per heavy atom. The zero-order valence-corrected chi connectivity index (χ0v) is 52.7. The lowest BCUT2D eigenvalue weighted by Gasteiger charge is -2.32. The lowest BCUT2D eigenvalue weighted by atomic mass is 9.96. The monoisotopic (exact) mass is 1290 g/mol. The Balaban J connectivity index is 0.000000161. The number of aliphatic carboxylic acids is 1. The van der Waals surface area contributed by atoms with Crippen LogP contribution in [-0.2, 0) is 23.8 Å². The predicted molar refractivity (Wildman–Crippen MR) is 337 cm³/mol. The van der Waals surface area contributed by atoms with Crippen LogP contribution in [0.4, 0.5) is 34.1 Å². The maximum Gasteiger partial charge on any atom is 0.420 e. The number of benzene rings is 6. The second-order valence-corrected chi connectivity index (χ2v) is 24.2. The smallest absolute Gasteiger partial charge is 0.420 e. The highest BCUT2D eigenvalue weighted by atomic mass is 79.9. The third kappa shape index (κ3) is 15.1. The summed E-state index contributed by atoms with van der Waals surface area (Å²) in [6, 6.07) is 29.9. The number of carbonyl (C=O) groups is 4. The van der Waals surface area contributed by atoms with Gasteiger partial charge in [0.25, 0.3) is 0 Å². The Morgan fingerprint density at radius 1 is 0.562 bits per heavy atom. The number of hydrogen-bond donors (Lipinski definition) is 2. The molecule has 0 amide bonds. The lowest BCUT2D eigenvalue weighted by Crippen LogP contribution is -2.37. The molecule has 0 atom stereocenters. The normalized spacial score (nSPS) is 14.0. The SMILES string of the molecule is CCOC(=O)C1CCN(c2ccc(F)c(-c3nc4cc(OC)ccc4n3C(=O)OC(C)(C)C)c2)CC1.COc1ccc2c(c1)nc(-c1cc(Br)ccc1F)n2C(=O)OC(C)(C)C.COc1ccc2nc(-c3cc(N4CCC(C(=O)O)CC4)ccc3F)[nH]c2c1. The van der Waals surface area contributed by atoms with Gasteiger partial charge in [-0.15, -0.1) is 0 Å². The van der Waals surface area contributed by atoms with Crippen molar-refractivity contribution in [2.75, 3.05) is 63.9 Å². The highest BCUT2D eigenvalue weighted by molar-refractivity contribution is 9.10. The molecule has 6 aromatic carbocycles. The summed E-state index contributed by atoms with van der Waals surface area (Å²) in [5.74, 6) is -0.0581. The number of nitrogens with one attached hydrogen (secondary N) is 1. The Kier molecular flexibility index (Phi) is 19.6. The van der Waals surface area contributed by atoms with Crippen molar-refractivity contribution in [2.24, 2.45) is 11.8 Å². The topological polar surface area (TPSA) is 215 Å². The number of ether oxygens (including phenoxy) is 6. The molecule has 89 heavy (non-hydrogen) atoms. The molecule has 23 heteroatoms. The van der Waals surface area contributed by atoms with Gasteiger partial charge in [0.1, 0.15) is 51.7 Å². The summed E-state index contributed by atoms with van der Waals surface area (Å²) < 4.78 is 79.4. The van der Waals surface area contributed by atoms with Crippen LogP contribution in [0.2, 0.25) is 0 Å². The number of halogens is 4. The van der Waals surface area contributed by atoms with Crippen LogP contribution in [-0.4, -0.2) is 124 Å². The minimum atomic E-state index is -0.749. The number of piperidine rings is 2. The van der Waals surface area contributed by atoms with Crippen LogP contribution in [0.25, 0.3) is 67.3 Å². The summed E-state index contributed by atoms with van der Waals surface area (Å²) in [4.78, 5) is 70.2. The highest BCUT2D eigenvalue weighted by Gasteiger charge is 2.31. The molecule has 3 aromatic heterocycles. The van der Waals surface area contributed by atoms with Crippen LogP contribution in [0.1, 0.15) is 74.1 Å². The van der Waals surface area contributed by atoms with Crippen LogP contribution in [0, 0.1) is 29.3 Å². The van der Waals surface area contributed by atoms with Crippen LogP contribution >= 0.6 is 15.9 Å². The molecule has 0 unspecified atom stereocenters. The summed E-state index contributed by atoms with van der Waals surface area (Å²) in [6.45, 7) is 15.3. The Labute approximate surface area is 520 Å². The number of anilines is 2. The van der Waals surface area contributed by atoms with E-state index >= 15 is 4.39 Å². The molecular weight excluding hydrogens is 1220 g/mol. The second kappa shape index (κ2) is 27.1. The molecule has 0 radical (unpaired) electrons. The van der Waals surface area contributed by atoms with E-state index in [2.05, 4.69) is 45.7 Å². The van der Waals surface area contributed by atoms with Gasteiger partial charge in [-0.25, -0.2) is 46.8 Å². The third-order valence-corrected chi connectivity index (χ3v) is 15.3. The molecule has 2 fully saturated rings. The zero-order chi connectivity index (χ0) is 64.1. The van der Waals surface area contributed by atoms with Crippen molar-refractivity contribution < 1.29 is 65.9 Å². The Bertz CT molecular complexity index is 4080. The Morgan fingerprint density at radius 3 is 1.47 bits per heavy atom. The quantitative estimate of drug-likeness (QED) is 0.0910. The summed E-state index contributed by atoms with van der Waals surface area (Å²) >= 11 is 3.33. The van der Waals surface area contributed by atoms with Gasteiger partial charge in [-0.05, 0) is 165 Å². The number of imidazole rings is 3. The van der Waals surface area contributed by atoms with E-state index < -0.39 is 41.0 Å². The van der Waals surface area contributed by atoms with E-state index in [4.69, 9.17) is 33.5 Å². The molecule has 2 saturated heterocycles. The van der Waals surface area contributed by atoms with Crippen molar-refractivity contribution >= 4 is 84.5 Å². The average molecular weight is 1290 g/mol. The standard InChI is InChI=1S/C27H32FN3O5.C20H20FN3O3.C19H18BrFN2O3/c1-6-35-25(32)17-11-13-30(14-12-17)18-7-9-21(28)20(15-18)24-29-22-16-19(34-5)8-10-23(22)31(24)26(33)36-27(2,3)4;1-27-14-3-5-17-18(11-14)23-19(22-17)15-10-13(2-4-16(15)21)24-8-6-12(7-9-24)20(25)26;1-19(2,3)26-18(24)23-16-8-6-12(25-4)10-15(16)22-17(23)13-9-11(20)5-7-14(13)21/h7-10,15-17H,6,11-14H2,1-5H3;2-5,10-12H,6-9H2,1H3,(H,22,23)(H,25,26);5-10H,1-4H3. The summed E-state index contributed by atoms with van der Waals surface area (Å²) in [7, 11) is 4.68. The highest BCUT2D eigenvalue weighted by Crippen LogP contribution is 2.37. The van der Waals surface area contributed by atoms with Crippen molar-refractivity contribution in [3.8, 4) is 51.4 Å². The fraction of sp³-hybridized carbons (Fsp3) is 0.348. The summed E-state index contributed by atoms with van der Waals surface area (Å²) in [6.07, 6.45) is 1.22. The number of aromatic amines is 1. The first-order chi connectivity index (χ1) is 42.3. The molecule has 9 aromatic rings. The molecular formula is C66H70BrF3N8O11. The van der Waals surface area contributed by atoms with E-state index in [9.17, 15) is 28.0 Å². The molecule has 11 rings (SSSR count). The maximum atomic E-state index is 15.2. The number of fused-ring (bicyclic) bond motifs is 3. The number of methoxy groups -OCH3 is 3. The number of rotatable bonds is 11. The summed E-state index contributed by atoms with van der Waals surface area (Å²) in [5.41, 5.74) is 4.46. The molecule has 19 nitrogen and oxygen atoms in total. The van der Waals surface area contributed by atoms with Crippen molar-refractivity contribution in [1.29, 1.82) is 0 Å². The number of H-pyrrole nitrogens is 1. The molecule has 2 aliphatic rings. The maximum absolute atomic E-state index is 15.2. The van der Waals surface area contributed by atoms with Gasteiger partial charge >= 0.3 is 24.1 Å². The van der Waals surface area contributed by atoms with Crippen LogP contribution in [0.5, 0.6) is 17.2 Å². The van der Waals surface area contributed by atoms with Gasteiger partial charge in [0, 0.05) is 60.2 Å². The molecule has 0 saturated carbocycles. The molecule has 2 N–H and O–H groups in total. The molecule has 468 valence electrons. The number of esters is 1. The minimum Gasteiger partial charge on any atom is -0.497 e. The average Bonchev–Trinajstić information content (AvgIpc) is 2.19. The third-order valence-electron chi connectivity index (χ3n) is 14.8. The van der Waals surface area contributed by atoms with Gasteiger partial charge in [0.15, 0.2) is 11.6 Å².